The largest absolute Gasteiger partial charge is 0.270 e. The van der Waals surface area contributed by atoms with Gasteiger partial charge in [0.15, 0.2) is 0 Å². The summed E-state index contributed by atoms with van der Waals surface area (Å²) in [6.07, 6.45) is 0. The van der Waals surface area contributed by atoms with Gasteiger partial charge in [-0.1, -0.05) is 30.3 Å². The SMILES string of the molecule is Cc1cc(C)c(CN2C(=O)c3ccccc3C2=O)c(C)c1CN1C(=O)c2ccccc2C1=O. The van der Waals surface area contributed by atoms with Gasteiger partial charge in [-0.05, 0) is 72.9 Å². The minimum absolute atomic E-state index is 0.138. The molecule has 0 radical (unpaired) electrons. The molecule has 2 heterocycles. The van der Waals surface area contributed by atoms with Gasteiger partial charge < -0.3 is 0 Å². The van der Waals surface area contributed by atoms with Gasteiger partial charge in [0, 0.05) is 0 Å². The van der Waals surface area contributed by atoms with Crippen LogP contribution < -0.4 is 0 Å². The lowest BCUT2D eigenvalue weighted by Gasteiger charge is -2.23. The topological polar surface area (TPSA) is 74.8 Å². The van der Waals surface area contributed by atoms with Crippen LogP contribution in [0.5, 0.6) is 0 Å². The number of carbonyl (C=O) groups is 4. The zero-order valence-electron chi connectivity index (χ0n) is 18.6. The molecule has 0 bridgehead atoms. The number of aryl methyl sites for hydroxylation is 2. The van der Waals surface area contributed by atoms with Gasteiger partial charge in [-0.25, -0.2) is 0 Å². The monoisotopic (exact) mass is 438 g/mol. The van der Waals surface area contributed by atoms with Crippen LogP contribution in [0.1, 0.15) is 69.2 Å². The number of fused-ring (bicyclic) bond motifs is 2. The molecule has 0 saturated carbocycles. The van der Waals surface area contributed by atoms with Crippen molar-refractivity contribution in [1.82, 2.24) is 9.80 Å². The maximum atomic E-state index is 12.9. The van der Waals surface area contributed by atoms with Crippen molar-refractivity contribution in [2.45, 2.75) is 33.9 Å². The Morgan fingerprint density at radius 2 is 0.848 bits per heavy atom. The highest BCUT2D eigenvalue weighted by atomic mass is 16.2. The van der Waals surface area contributed by atoms with Gasteiger partial charge in [-0.3, -0.25) is 29.0 Å². The van der Waals surface area contributed by atoms with Crippen molar-refractivity contribution in [2.24, 2.45) is 0 Å². The molecule has 0 atom stereocenters. The number of nitrogens with zero attached hydrogens (tertiary/aromatic N) is 2. The molecule has 0 N–H and O–H groups in total. The van der Waals surface area contributed by atoms with Crippen LogP contribution >= 0.6 is 0 Å². The van der Waals surface area contributed by atoms with Crippen molar-refractivity contribution < 1.29 is 19.2 Å². The van der Waals surface area contributed by atoms with Gasteiger partial charge in [0.05, 0.1) is 35.3 Å². The van der Waals surface area contributed by atoms with E-state index < -0.39 is 0 Å². The van der Waals surface area contributed by atoms with Gasteiger partial charge >= 0.3 is 0 Å². The Morgan fingerprint density at radius 3 is 1.15 bits per heavy atom. The van der Waals surface area contributed by atoms with E-state index in [1.165, 1.54) is 9.80 Å². The summed E-state index contributed by atoms with van der Waals surface area (Å²) in [6, 6.07) is 15.6. The van der Waals surface area contributed by atoms with E-state index in [2.05, 4.69) is 0 Å². The van der Waals surface area contributed by atoms with E-state index in [-0.39, 0.29) is 36.7 Å². The van der Waals surface area contributed by atoms with Crippen molar-refractivity contribution in [1.29, 1.82) is 0 Å². The lowest BCUT2D eigenvalue weighted by atomic mass is 9.92. The number of hydrogen-bond donors (Lipinski definition) is 0. The van der Waals surface area contributed by atoms with Crippen LogP contribution in [0.3, 0.4) is 0 Å². The molecule has 0 saturated heterocycles. The molecule has 33 heavy (non-hydrogen) atoms. The Balaban J connectivity index is 1.49. The smallest absolute Gasteiger partial charge is 0.261 e. The molecule has 2 aliphatic rings. The first-order valence-electron chi connectivity index (χ1n) is 10.8. The van der Waals surface area contributed by atoms with Crippen LogP contribution in [0.15, 0.2) is 54.6 Å². The van der Waals surface area contributed by atoms with Gasteiger partial charge in [-0.2, -0.15) is 0 Å². The van der Waals surface area contributed by atoms with Crippen molar-refractivity contribution in [3.8, 4) is 0 Å². The zero-order chi connectivity index (χ0) is 23.4. The third-order valence-corrected chi connectivity index (χ3v) is 6.68. The summed E-state index contributed by atoms with van der Waals surface area (Å²) >= 11 is 0. The van der Waals surface area contributed by atoms with Gasteiger partial charge in [-0.15, -0.1) is 0 Å². The molecule has 0 unspecified atom stereocenters. The molecule has 0 fully saturated rings. The van der Waals surface area contributed by atoms with Crippen LogP contribution in [-0.2, 0) is 13.1 Å². The first-order valence-corrected chi connectivity index (χ1v) is 10.8. The summed E-state index contributed by atoms with van der Waals surface area (Å²) in [6.45, 7) is 6.08. The summed E-state index contributed by atoms with van der Waals surface area (Å²) in [4.78, 5) is 54.1. The number of hydrogen-bond acceptors (Lipinski definition) is 4. The molecule has 2 aliphatic heterocycles. The first kappa shape index (κ1) is 20.8. The van der Waals surface area contributed by atoms with E-state index in [0.717, 1.165) is 27.8 Å². The molecule has 6 nitrogen and oxygen atoms in total. The molecule has 0 aliphatic carbocycles. The first-order chi connectivity index (χ1) is 15.8. The van der Waals surface area contributed by atoms with Crippen LogP contribution in [0, 0.1) is 20.8 Å². The second-order valence-corrected chi connectivity index (χ2v) is 8.58. The Labute approximate surface area is 191 Å². The predicted octanol–water partition coefficient (Wildman–Crippen LogP) is 4.20. The predicted molar refractivity (Wildman–Crippen MR) is 122 cm³/mol. The Morgan fingerprint density at radius 1 is 0.545 bits per heavy atom. The standard InChI is InChI=1S/C27H22N2O4/c1-15-12-16(2)23(14-29-26(32)20-10-6-7-11-21(20)27(29)33)17(3)22(15)13-28-24(30)18-8-4-5-9-19(18)25(28)31/h4-12H,13-14H2,1-3H3. The lowest BCUT2D eigenvalue weighted by Crippen LogP contribution is -2.31. The van der Waals surface area contributed by atoms with Crippen LogP contribution in [0.4, 0.5) is 0 Å². The van der Waals surface area contributed by atoms with Gasteiger partial charge in [0.2, 0.25) is 0 Å². The maximum Gasteiger partial charge on any atom is 0.261 e. The number of benzene rings is 3. The number of imide groups is 2. The minimum Gasteiger partial charge on any atom is -0.270 e. The van der Waals surface area contributed by atoms with Crippen molar-refractivity contribution in [2.75, 3.05) is 0 Å². The highest BCUT2D eigenvalue weighted by Gasteiger charge is 2.37. The van der Waals surface area contributed by atoms with E-state index in [4.69, 9.17) is 0 Å². The van der Waals surface area contributed by atoms with Crippen LogP contribution in [0.25, 0.3) is 0 Å². The van der Waals surface area contributed by atoms with Gasteiger partial charge in [0.25, 0.3) is 23.6 Å². The zero-order valence-corrected chi connectivity index (χ0v) is 18.6. The molecule has 3 aromatic rings. The van der Waals surface area contributed by atoms with E-state index >= 15 is 0 Å². The summed E-state index contributed by atoms with van der Waals surface area (Å²) in [7, 11) is 0. The Hall–Kier alpha value is -4.06. The highest BCUT2D eigenvalue weighted by Crippen LogP contribution is 2.31. The molecular formula is C27H22N2O4. The third-order valence-electron chi connectivity index (χ3n) is 6.68. The minimum atomic E-state index is -0.308. The molecule has 3 aromatic carbocycles. The summed E-state index contributed by atoms with van der Waals surface area (Å²) in [5.74, 6) is -1.23. The maximum absolute atomic E-state index is 12.9. The van der Waals surface area contributed by atoms with Gasteiger partial charge in [0.1, 0.15) is 0 Å². The van der Waals surface area contributed by atoms with Crippen LogP contribution in [0.2, 0.25) is 0 Å². The van der Waals surface area contributed by atoms with E-state index in [9.17, 15) is 19.2 Å². The third kappa shape index (κ3) is 3.09. The molecule has 0 spiro atoms. The molecular weight excluding hydrogens is 416 g/mol. The quantitative estimate of drug-likeness (QED) is 0.572. The molecule has 4 amide bonds. The van der Waals surface area contributed by atoms with Crippen molar-refractivity contribution in [3.63, 3.8) is 0 Å². The molecule has 0 aromatic heterocycles. The highest BCUT2D eigenvalue weighted by molar-refractivity contribution is 6.22. The van der Waals surface area contributed by atoms with E-state index in [1.54, 1.807) is 48.5 Å². The van der Waals surface area contributed by atoms with E-state index in [0.29, 0.717) is 22.3 Å². The van der Waals surface area contributed by atoms with Crippen LogP contribution in [-0.4, -0.2) is 33.4 Å². The average molecular weight is 438 g/mol. The Kier molecular flexibility index (Phi) is 4.74. The Bertz CT molecular complexity index is 1220. The second-order valence-electron chi connectivity index (χ2n) is 8.58. The summed E-state index contributed by atoms with van der Waals surface area (Å²) < 4.78 is 0. The van der Waals surface area contributed by atoms with Crippen molar-refractivity contribution >= 4 is 23.6 Å². The molecule has 164 valence electrons. The van der Waals surface area contributed by atoms with Crippen molar-refractivity contribution in [3.05, 3.63) is 105 Å². The average Bonchev–Trinajstić information content (AvgIpc) is 3.19. The molecule has 6 heteroatoms. The summed E-state index contributed by atoms with van der Waals surface area (Å²) in [5.41, 5.74) is 6.13. The number of carbonyl (C=O) groups excluding carboxylic acids is 4. The second kappa shape index (κ2) is 7.52. The normalized spacial score (nSPS) is 14.9. The fourth-order valence-electron chi connectivity index (χ4n) is 4.84. The molecule has 5 rings (SSSR count). The number of amides is 4. The number of rotatable bonds is 4. The lowest BCUT2D eigenvalue weighted by molar-refractivity contribution is 0.0630. The van der Waals surface area contributed by atoms with E-state index in [1.807, 2.05) is 26.8 Å². The fraction of sp³-hybridized carbons (Fsp3) is 0.185. The summed E-state index contributed by atoms with van der Waals surface area (Å²) in [5, 5.41) is 0. The fourth-order valence-corrected chi connectivity index (χ4v) is 4.84.